The fourth-order valence-corrected chi connectivity index (χ4v) is 16.2. The molecule has 2 saturated heterocycles. The van der Waals surface area contributed by atoms with Crippen LogP contribution < -0.4 is 16.8 Å². The molecule has 9 rings (SSSR count). The number of aromatic nitrogens is 8. The number of hydrogen-bond acceptors (Lipinski definition) is 27. The van der Waals surface area contributed by atoms with Crippen molar-refractivity contribution in [1.82, 2.24) is 49.9 Å². The van der Waals surface area contributed by atoms with Gasteiger partial charge >= 0.3 is 5.97 Å². The first-order chi connectivity index (χ1) is 56.3. The molecule has 5 aromatic rings. The summed E-state index contributed by atoms with van der Waals surface area (Å²) in [4.78, 5) is 111. The Balaban J connectivity index is 0.656. The third-order valence-corrected chi connectivity index (χ3v) is 23.2. The smallest absolute Gasteiger partial charge is 0.329 e. The number of piperidine rings is 1. The van der Waals surface area contributed by atoms with Gasteiger partial charge in [0.05, 0.1) is 81.7 Å². The van der Waals surface area contributed by atoms with E-state index in [2.05, 4.69) is 30.6 Å². The molecule has 0 unspecified atom stereocenters. The number of nitrogen functional groups attached to an aromatic ring is 2. The maximum absolute atomic E-state index is 14.8. The zero-order valence-corrected chi connectivity index (χ0v) is 70.1. The molecule has 644 valence electrons. The number of aliphatic hydroxyl groups is 2. The van der Waals surface area contributed by atoms with Gasteiger partial charge in [-0.1, -0.05) is 82.7 Å². The number of allylic oxidation sites excluding steroid dienone is 6. The highest BCUT2D eigenvalue weighted by atomic mass is 16.6. The molecule has 2 amide bonds. The number of anilines is 2. The number of oxazole rings is 1. The van der Waals surface area contributed by atoms with E-state index in [1.807, 2.05) is 76.4 Å². The Hall–Kier alpha value is -8.37. The van der Waals surface area contributed by atoms with Crippen molar-refractivity contribution in [2.45, 2.75) is 251 Å². The molecule has 4 aromatic heterocycles. The maximum Gasteiger partial charge on any atom is 0.329 e. The van der Waals surface area contributed by atoms with Gasteiger partial charge in [-0.15, -0.1) is 5.10 Å². The van der Waals surface area contributed by atoms with E-state index in [4.69, 9.17) is 63.6 Å². The quantitative estimate of drug-likeness (QED) is 0.0111. The molecule has 4 aliphatic rings. The lowest BCUT2D eigenvalue weighted by molar-refractivity contribution is -0.265. The lowest BCUT2D eigenvalue weighted by Gasteiger charge is -2.42. The number of esters is 1. The molecule has 2 bridgehead atoms. The highest BCUT2D eigenvalue weighted by molar-refractivity contribution is 6.39. The van der Waals surface area contributed by atoms with Gasteiger partial charge in [-0.25, -0.2) is 24.1 Å². The molecule has 1 aromatic carbocycles. The zero-order valence-electron chi connectivity index (χ0n) is 70.1. The summed E-state index contributed by atoms with van der Waals surface area (Å²) in [7, 11) is 4.64. The third-order valence-electron chi connectivity index (χ3n) is 23.2. The molecule has 0 spiro atoms. The lowest BCUT2D eigenvalue weighted by Crippen LogP contribution is -2.61. The molecule has 15 atom stereocenters. The number of hydrogen-bond donors (Lipinski definition) is 5. The number of fused-ring (bicyclic) bond motifs is 5. The van der Waals surface area contributed by atoms with Gasteiger partial charge in [0.1, 0.15) is 59.3 Å². The van der Waals surface area contributed by atoms with E-state index in [9.17, 15) is 43.8 Å². The average molecular weight is 1630 g/mol. The van der Waals surface area contributed by atoms with E-state index in [-0.39, 0.29) is 91.5 Å². The summed E-state index contributed by atoms with van der Waals surface area (Å²) >= 11 is 0. The summed E-state index contributed by atoms with van der Waals surface area (Å²) in [5.41, 5.74) is 17.3. The molecule has 31 heteroatoms. The first kappa shape index (κ1) is 92.5. The number of amides is 2. The molecule has 3 aliphatic heterocycles. The van der Waals surface area contributed by atoms with Crippen molar-refractivity contribution in [1.29, 1.82) is 0 Å². The summed E-state index contributed by atoms with van der Waals surface area (Å²) in [6.45, 7) is 16.9. The normalized spacial score (nSPS) is 27.7. The van der Waals surface area contributed by atoms with Crippen LogP contribution in [-0.2, 0) is 95.7 Å². The molecule has 1 aliphatic carbocycles. The van der Waals surface area contributed by atoms with Gasteiger partial charge in [-0.05, 0) is 157 Å². The van der Waals surface area contributed by atoms with E-state index in [0.717, 1.165) is 61.8 Å². The van der Waals surface area contributed by atoms with Crippen LogP contribution in [0.25, 0.3) is 33.4 Å². The number of carbonyl (C=O) groups excluding carboxylic acids is 7. The standard InChI is InChI=1S/C86H126N12O19/c1-54-21-13-11-14-22-55(2)71(108-8)50-65-30-26-60(7)86(107,117-65)80(104)83(105)97-35-19-16-25-67(97)84(106)115-72(51-68(100)56(3)46-59(6)78(103)79(110-10)77(102)58(5)45-54)57(4)47-61-27-31-70(73(48-61)109-9)114-38-20-17-23-63-52-96(95-93-63)37-40-112-42-44-113-43-41-111-39-34-89-74(101)33-29-64(99)24-15-12-18-36-98-82-75(81(87)90-53-91-82)76(94-98)62-28-32-69-66(49-62)92-85(88)116-69/h11,13-14,21-22,28,32,46,49,52-54,56-58,60-61,65,67,70-73,78-79,103,107H,12,15-20,23-27,29-31,33-45,47-48,50-51H2,1-10H3,(H2,88,92)(H,89,101)(H2,87,90,91)/b14-11+,21-13+,55-22+,59-46+/t54-,56-,57-,58-,60-,61+,65+,67+,70-,71+,72+,73-,78-,79+,86-/m1/s1. The molecule has 1 saturated carbocycles. The van der Waals surface area contributed by atoms with Crippen LogP contribution in [-0.4, -0.2) is 231 Å². The number of aliphatic hydroxyl groups excluding tert-OH is 1. The van der Waals surface area contributed by atoms with Crippen LogP contribution in [0.1, 0.15) is 183 Å². The fraction of sp³-hybridized carbons (Fsp3) is 0.663. The van der Waals surface area contributed by atoms with E-state index in [1.54, 1.807) is 56.5 Å². The van der Waals surface area contributed by atoms with Crippen LogP contribution in [0.2, 0.25) is 0 Å². The monoisotopic (exact) mass is 1630 g/mol. The Morgan fingerprint density at radius 3 is 2.33 bits per heavy atom. The Morgan fingerprint density at radius 2 is 1.56 bits per heavy atom. The van der Waals surface area contributed by atoms with Crippen molar-refractivity contribution >= 4 is 74.9 Å². The SMILES string of the molecule is CO[C@H]1C[C@@H]2CC[C@@H](C)[C@@](O)(O2)C(=O)C(=O)N2CCCC[C@H]2C(=O)O[C@H]([C@H](C)C[C@@H]2CC[C@@H](OCCCCc3cn(CCOCCOCCOCCNC(=O)CCC(=O)CCCCCn4nc(-c5ccc6oc(N)nc6c5)c5c(N)ncnc54)nn3)[C@H](OC)C2)CC(=O)[C@H](C)/C=C(\C)[C@@H](O)[C@@H](OC)C(=O)[C@H](C)C[C@H](C)/C=C/C=C/C=C/1C. The van der Waals surface area contributed by atoms with Crippen LogP contribution in [0.4, 0.5) is 11.8 Å². The maximum atomic E-state index is 14.8. The van der Waals surface area contributed by atoms with Crippen molar-refractivity contribution in [3.63, 3.8) is 0 Å². The van der Waals surface area contributed by atoms with Gasteiger partial charge in [-0.3, -0.25) is 28.8 Å². The van der Waals surface area contributed by atoms with Gasteiger partial charge in [0.2, 0.25) is 11.7 Å². The van der Waals surface area contributed by atoms with Gasteiger partial charge in [0.25, 0.3) is 17.7 Å². The zero-order chi connectivity index (χ0) is 84.1. The lowest BCUT2D eigenvalue weighted by atomic mass is 9.78. The number of nitrogens with zero attached hydrogens (tertiary/aromatic N) is 9. The van der Waals surface area contributed by atoms with Crippen LogP contribution >= 0.6 is 0 Å². The van der Waals surface area contributed by atoms with Gasteiger partial charge < -0.3 is 78.9 Å². The second-order valence-corrected chi connectivity index (χ2v) is 32.2. The summed E-state index contributed by atoms with van der Waals surface area (Å²) < 4.78 is 62.8. The Kier molecular flexibility index (Phi) is 36.6. The number of Topliss-reactive ketones (excluding diaryl/α,β-unsaturated/α-hetero) is 4. The summed E-state index contributed by atoms with van der Waals surface area (Å²) in [5.74, 6) is -8.07. The summed E-state index contributed by atoms with van der Waals surface area (Å²) in [5, 5.41) is 40.7. The number of carbonyl (C=O) groups is 7. The first-order valence-corrected chi connectivity index (χ1v) is 41.9. The van der Waals surface area contributed by atoms with E-state index in [0.29, 0.717) is 169 Å². The van der Waals surface area contributed by atoms with Crippen molar-refractivity contribution in [2.75, 3.05) is 92.1 Å². The minimum Gasteiger partial charge on any atom is -0.460 e. The predicted octanol–water partition coefficient (Wildman–Crippen LogP) is 9.71. The number of cyclic esters (lactones) is 1. The number of ketones is 4. The Bertz CT molecular complexity index is 4190. The number of rotatable bonds is 34. The topological polar surface area (TPSA) is 411 Å². The molecule has 3 fully saturated rings. The number of aryl methyl sites for hydroxylation is 2. The van der Waals surface area contributed by atoms with Crippen molar-refractivity contribution in [2.24, 2.45) is 35.5 Å². The van der Waals surface area contributed by atoms with Crippen LogP contribution in [0, 0.1) is 35.5 Å². The number of nitrogens with two attached hydrogens (primary N) is 2. The number of ether oxygens (including phenoxy) is 9. The number of methoxy groups -OCH3 is 3. The van der Waals surface area contributed by atoms with Crippen molar-refractivity contribution < 1.29 is 90.8 Å². The van der Waals surface area contributed by atoms with E-state index >= 15 is 0 Å². The van der Waals surface area contributed by atoms with Crippen molar-refractivity contribution in [3.8, 4) is 11.3 Å². The third kappa shape index (κ3) is 26.8. The van der Waals surface area contributed by atoms with E-state index < -0.39 is 77.8 Å². The van der Waals surface area contributed by atoms with Gasteiger partial charge in [0, 0.05) is 109 Å². The van der Waals surface area contributed by atoms with Crippen LogP contribution in [0.5, 0.6) is 0 Å². The molecular weight excluding hydrogens is 1510 g/mol. The van der Waals surface area contributed by atoms with Gasteiger partial charge in [-0.2, -0.15) is 10.1 Å². The minimum atomic E-state index is -2.46. The predicted molar refractivity (Wildman–Crippen MR) is 437 cm³/mol. The summed E-state index contributed by atoms with van der Waals surface area (Å²) in [6, 6.07) is 4.38. The second kappa shape index (κ2) is 46.3. The van der Waals surface area contributed by atoms with Gasteiger partial charge in [0.15, 0.2) is 17.0 Å². The highest BCUT2D eigenvalue weighted by Crippen LogP contribution is 2.39. The van der Waals surface area contributed by atoms with Crippen LogP contribution in [0.3, 0.4) is 0 Å². The molecular formula is C86H126N12O19. The Morgan fingerprint density at radius 1 is 0.786 bits per heavy atom. The molecule has 0 radical (unpaired) electrons. The van der Waals surface area contributed by atoms with Crippen LogP contribution in [0.15, 0.2) is 82.7 Å². The van der Waals surface area contributed by atoms with Crippen molar-refractivity contribution in [3.05, 3.63) is 84.0 Å². The minimum absolute atomic E-state index is 0.00661. The summed E-state index contributed by atoms with van der Waals surface area (Å²) in [6.07, 6.45) is 20.3. The number of unbranched alkanes of at least 4 members (excludes halogenated alkanes) is 3. The molecule has 7 N–H and O–H groups in total. The molecule has 117 heavy (non-hydrogen) atoms. The Labute approximate surface area is 686 Å². The fourth-order valence-electron chi connectivity index (χ4n) is 16.2. The first-order valence-electron chi connectivity index (χ1n) is 41.9. The number of nitrogens with one attached hydrogen (secondary N) is 1. The molecule has 7 heterocycles. The molecule has 31 nitrogen and oxygen atoms in total. The largest absolute Gasteiger partial charge is 0.460 e. The highest BCUT2D eigenvalue weighted by Gasteiger charge is 2.53. The second-order valence-electron chi connectivity index (χ2n) is 32.2. The average Bonchev–Trinajstić information content (AvgIpc) is 1.76. The number of benzene rings is 1. The van der Waals surface area contributed by atoms with E-state index in [1.165, 1.54) is 18.3 Å².